The van der Waals surface area contributed by atoms with E-state index in [4.69, 9.17) is 4.74 Å². The van der Waals surface area contributed by atoms with E-state index in [0.717, 1.165) is 12.8 Å². The Morgan fingerprint density at radius 1 is 1.62 bits per heavy atom. The van der Waals surface area contributed by atoms with Gasteiger partial charge in [0.2, 0.25) is 0 Å². The van der Waals surface area contributed by atoms with Crippen LogP contribution in [0.4, 0.5) is 0 Å². The van der Waals surface area contributed by atoms with Crippen LogP contribution in [0.3, 0.4) is 0 Å². The monoisotopic (exact) mass is 182 g/mol. The van der Waals surface area contributed by atoms with Crippen molar-refractivity contribution in [3.63, 3.8) is 0 Å². The fourth-order valence-corrected chi connectivity index (χ4v) is 1.51. The molecule has 0 radical (unpaired) electrons. The van der Waals surface area contributed by atoms with E-state index in [1.165, 1.54) is 5.57 Å². The third kappa shape index (κ3) is 3.21. The van der Waals surface area contributed by atoms with Crippen LogP contribution in [0.15, 0.2) is 11.6 Å². The highest BCUT2D eigenvalue weighted by Gasteiger charge is 2.26. The molecule has 0 spiro atoms. The molecule has 0 N–H and O–H groups in total. The minimum atomic E-state index is -0.0368. The summed E-state index contributed by atoms with van der Waals surface area (Å²) in [6.45, 7) is 6.28. The lowest BCUT2D eigenvalue weighted by atomic mass is 9.93. The summed E-state index contributed by atoms with van der Waals surface area (Å²) in [6.07, 6.45) is 4.68. The van der Waals surface area contributed by atoms with Gasteiger partial charge in [-0.05, 0) is 26.2 Å². The summed E-state index contributed by atoms with van der Waals surface area (Å²) in [5.41, 5.74) is 1.29. The molecule has 1 saturated heterocycles. The summed E-state index contributed by atoms with van der Waals surface area (Å²) >= 11 is 0. The maximum absolute atomic E-state index is 11.0. The van der Waals surface area contributed by atoms with E-state index in [2.05, 4.69) is 26.8 Å². The van der Waals surface area contributed by atoms with Crippen LogP contribution in [-0.2, 0) is 9.53 Å². The van der Waals surface area contributed by atoms with Gasteiger partial charge in [0.25, 0.3) is 0 Å². The van der Waals surface area contributed by atoms with Gasteiger partial charge in [0.05, 0.1) is 0 Å². The summed E-state index contributed by atoms with van der Waals surface area (Å²) in [5.74, 6) is 0.471. The lowest BCUT2D eigenvalue weighted by Crippen LogP contribution is -2.30. The SMILES string of the molecule is CC(C)=CC[C@H]1OC(=O)CC[C@@H]1C. The van der Waals surface area contributed by atoms with Gasteiger partial charge >= 0.3 is 5.97 Å². The van der Waals surface area contributed by atoms with Crippen molar-refractivity contribution >= 4 is 5.97 Å². The number of allylic oxidation sites excluding steroid dienone is 1. The maximum atomic E-state index is 11.0. The number of carbonyl (C=O) groups excluding carboxylic acids is 1. The predicted molar refractivity (Wildman–Crippen MR) is 52.3 cm³/mol. The lowest BCUT2D eigenvalue weighted by molar-refractivity contribution is -0.157. The van der Waals surface area contributed by atoms with Crippen molar-refractivity contribution < 1.29 is 9.53 Å². The molecule has 0 aromatic heterocycles. The molecule has 1 rings (SSSR count). The Hall–Kier alpha value is -0.790. The first kappa shape index (κ1) is 10.3. The van der Waals surface area contributed by atoms with E-state index < -0.39 is 0 Å². The number of rotatable bonds is 2. The van der Waals surface area contributed by atoms with E-state index in [1.807, 2.05) is 0 Å². The van der Waals surface area contributed by atoms with Crippen molar-refractivity contribution in [1.29, 1.82) is 0 Å². The van der Waals surface area contributed by atoms with Crippen LogP contribution >= 0.6 is 0 Å². The summed E-state index contributed by atoms with van der Waals surface area (Å²) in [4.78, 5) is 11.0. The Morgan fingerprint density at radius 2 is 2.31 bits per heavy atom. The molecule has 0 aromatic carbocycles. The highest BCUT2D eigenvalue weighted by molar-refractivity contribution is 5.70. The molecular weight excluding hydrogens is 164 g/mol. The zero-order valence-corrected chi connectivity index (χ0v) is 8.67. The predicted octanol–water partition coefficient (Wildman–Crippen LogP) is 2.68. The van der Waals surface area contributed by atoms with E-state index in [9.17, 15) is 4.79 Å². The van der Waals surface area contributed by atoms with Crippen molar-refractivity contribution in [3.8, 4) is 0 Å². The van der Waals surface area contributed by atoms with Crippen molar-refractivity contribution in [2.24, 2.45) is 5.92 Å². The zero-order valence-electron chi connectivity index (χ0n) is 8.67. The molecule has 13 heavy (non-hydrogen) atoms. The van der Waals surface area contributed by atoms with Crippen LogP contribution in [0, 0.1) is 5.92 Å². The van der Waals surface area contributed by atoms with Gasteiger partial charge in [-0.3, -0.25) is 4.79 Å². The Balaban J connectivity index is 2.46. The van der Waals surface area contributed by atoms with Gasteiger partial charge in [-0.25, -0.2) is 0 Å². The summed E-state index contributed by atoms with van der Waals surface area (Å²) in [7, 11) is 0. The van der Waals surface area contributed by atoms with Crippen LogP contribution in [0.5, 0.6) is 0 Å². The number of hydrogen-bond acceptors (Lipinski definition) is 2. The van der Waals surface area contributed by atoms with Gasteiger partial charge in [-0.15, -0.1) is 0 Å². The van der Waals surface area contributed by atoms with Crippen LogP contribution in [0.1, 0.15) is 40.0 Å². The van der Waals surface area contributed by atoms with Gasteiger partial charge in [0, 0.05) is 12.8 Å². The second-order valence-electron chi connectivity index (χ2n) is 4.06. The molecule has 2 nitrogen and oxygen atoms in total. The number of cyclic esters (lactones) is 1. The number of ether oxygens (including phenoxy) is 1. The van der Waals surface area contributed by atoms with Crippen molar-refractivity contribution in [2.45, 2.75) is 46.1 Å². The third-order valence-corrected chi connectivity index (χ3v) is 2.48. The van der Waals surface area contributed by atoms with Crippen LogP contribution in [0.2, 0.25) is 0 Å². The van der Waals surface area contributed by atoms with Crippen LogP contribution in [0.25, 0.3) is 0 Å². The van der Waals surface area contributed by atoms with Crippen molar-refractivity contribution in [1.82, 2.24) is 0 Å². The van der Waals surface area contributed by atoms with Gasteiger partial charge in [-0.1, -0.05) is 18.6 Å². The number of esters is 1. The maximum Gasteiger partial charge on any atom is 0.306 e. The Labute approximate surface area is 80.0 Å². The third-order valence-electron chi connectivity index (χ3n) is 2.48. The summed E-state index contributed by atoms with van der Waals surface area (Å²) < 4.78 is 5.27. The Kier molecular flexibility index (Phi) is 3.52. The smallest absolute Gasteiger partial charge is 0.306 e. The zero-order chi connectivity index (χ0) is 9.84. The standard InChI is InChI=1S/C11H18O2/c1-8(2)4-6-10-9(3)5-7-11(12)13-10/h4,9-10H,5-7H2,1-3H3/t9-,10+/m0/s1. The van der Waals surface area contributed by atoms with Gasteiger partial charge in [0.15, 0.2) is 0 Å². The van der Waals surface area contributed by atoms with Crippen LogP contribution < -0.4 is 0 Å². The average molecular weight is 182 g/mol. The fourth-order valence-electron chi connectivity index (χ4n) is 1.51. The molecule has 2 heteroatoms. The Morgan fingerprint density at radius 3 is 2.92 bits per heavy atom. The second kappa shape index (κ2) is 4.45. The highest BCUT2D eigenvalue weighted by atomic mass is 16.5. The molecule has 0 saturated carbocycles. The Bertz CT molecular complexity index is 214. The second-order valence-corrected chi connectivity index (χ2v) is 4.06. The van der Waals surface area contributed by atoms with Gasteiger partial charge in [-0.2, -0.15) is 0 Å². The first-order chi connectivity index (χ1) is 6.09. The summed E-state index contributed by atoms with van der Waals surface area (Å²) in [6, 6.07) is 0. The molecular formula is C11H18O2. The lowest BCUT2D eigenvalue weighted by Gasteiger charge is -2.27. The van der Waals surface area contributed by atoms with Crippen LogP contribution in [-0.4, -0.2) is 12.1 Å². The summed E-state index contributed by atoms with van der Waals surface area (Å²) in [5, 5.41) is 0. The quantitative estimate of drug-likeness (QED) is 0.485. The van der Waals surface area contributed by atoms with E-state index in [0.29, 0.717) is 12.3 Å². The van der Waals surface area contributed by atoms with E-state index in [-0.39, 0.29) is 12.1 Å². The molecule has 74 valence electrons. The first-order valence-electron chi connectivity index (χ1n) is 4.92. The minimum Gasteiger partial charge on any atom is -0.462 e. The van der Waals surface area contributed by atoms with E-state index in [1.54, 1.807) is 0 Å². The molecule has 0 aliphatic carbocycles. The molecule has 1 aliphatic rings. The average Bonchev–Trinajstić information content (AvgIpc) is 2.06. The molecule has 1 aliphatic heterocycles. The fraction of sp³-hybridized carbons (Fsp3) is 0.727. The molecule has 0 bridgehead atoms. The molecule has 2 atom stereocenters. The molecule has 0 unspecified atom stereocenters. The number of hydrogen-bond donors (Lipinski definition) is 0. The van der Waals surface area contributed by atoms with Crippen molar-refractivity contribution in [2.75, 3.05) is 0 Å². The number of carbonyl (C=O) groups is 1. The molecule has 0 amide bonds. The largest absolute Gasteiger partial charge is 0.462 e. The molecule has 1 heterocycles. The molecule has 0 aromatic rings. The highest BCUT2D eigenvalue weighted by Crippen LogP contribution is 2.23. The molecule has 1 fully saturated rings. The topological polar surface area (TPSA) is 26.3 Å². The minimum absolute atomic E-state index is 0.0368. The van der Waals surface area contributed by atoms with Gasteiger partial charge < -0.3 is 4.74 Å². The van der Waals surface area contributed by atoms with Gasteiger partial charge in [0.1, 0.15) is 6.10 Å². The first-order valence-corrected chi connectivity index (χ1v) is 4.92. The van der Waals surface area contributed by atoms with E-state index >= 15 is 0 Å². The van der Waals surface area contributed by atoms with Crippen molar-refractivity contribution in [3.05, 3.63) is 11.6 Å². The normalized spacial score (nSPS) is 28.1.